The molecule has 156 valence electrons. The zero-order valence-electron chi connectivity index (χ0n) is 17.1. The molecule has 0 bridgehead atoms. The molecule has 5 nitrogen and oxygen atoms in total. The van der Waals surface area contributed by atoms with E-state index in [9.17, 15) is 4.79 Å². The van der Waals surface area contributed by atoms with Gasteiger partial charge in [0.25, 0.3) is 0 Å². The van der Waals surface area contributed by atoms with Crippen LogP contribution in [0.4, 0.5) is 0 Å². The summed E-state index contributed by atoms with van der Waals surface area (Å²) in [4.78, 5) is 18.5. The number of carbonyl (C=O) groups excluding carboxylic acids is 1. The topological polar surface area (TPSA) is 56.2 Å². The zero-order chi connectivity index (χ0) is 21.0. The number of amides is 1. The number of benzene rings is 1. The maximum atomic E-state index is 12.8. The summed E-state index contributed by atoms with van der Waals surface area (Å²) in [5, 5.41) is 6.21. The summed E-state index contributed by atoms with van der Waals surface area (Å²) in [7, 11) is 0. The van der Waals surface area contributed by atoms with Crippen LogP contribution >= 0.6 is 11.3 Å². The Labute approximate surface area is 185 Å². The van der Waals surface area contributed by atoms with E-state index in [1.165, 1.54) is 5.57 Å². The molecule has 1 aliphatic rings. The lowest BCUT2D eigenvalue weighted by Gasteiger charge is -2.14. The number of rotatable bonds is 6. The van der Waals surface area contributed by atoms with Crippen LogP contribution in [0.3, 0.4) is 0 Å². The van der Waals surface area contributed by atoms with Crippen LogP contribution in [0.2, 0.25) is 0 Å². The quantitative estimate of drug-likeness (QED) is 0.475. The van der Waals surface area contributed by atoms with Gasteiger partial charge in [-0.25, -0.2) is 0 Å². The Morgan fingerprint density at radius 3 is 2.87 bits per heavy atom. The normalized spacial score (nSPS) is 13.9. The number of fused-ring (bicyclic) bond motifs is 1. The molecule has 1 aliphatic heterocycles. The predicted molar refractivity (Wildman–Crippen MR) is 125 cm³/mol. The van der Waals surface area contributed by atoms with Crippen LogP contribution in [-0.4, -0.2) is 28.7 Å². The van der Waals surface area contributed by atoms with E-state index < -0.39 is 0 Å². The van der Waals surface area contributed by atoms with Crippen molar-refractivity contribution >= 4 is 33.7 Å². The van der Waals surface area contributed by atoms with Crippen molar-refractivity contribution in [3.8, 4) is 10.6 Å². The molecule has 5 rings (SSSR count). The number of hydrogen-bond acceptors (Lipinski definition) is 4. The van der Waals surface area contributed by atoms with Gasteiger partial charge in [0, 0.05) is 17.1 Å². The minimum Gasteiger partial charge on any atom is -0.376 e. The van der Waals surface area contributed by atoms with Gasteiger partial charge in [0.2, 0.25) is 5.91 Å². The van der Waals surface area contributed by atoms with Crippen LogP contribution in [0.5, 0.6) is 0 Å². The van der Waals surface area contributed by atoms with Gasteiger partial charge in [-0.05, 0) is 47.2 Å². The highest BCUT2D eigenvalue weighted by atomic mass is 32.1. The molecular formula is C25H23N3O2S. The minimum atomic E-state index is -0.0339. The van der Waals surface area contributed by atoms with Gasteiger partial charge < -0.3 is 14.6 Å². The molecule has 0 aliphatic carbocycles. The first-order valence-electron chi connectivity index (χ1n) is 10.4. The highest BCUT2D eigenvalue weighted by molar-refractivity contribution is 7.13. The van der Waals surface area contributed by atoms with Crippen molar-refractivity contribution in [2.75, 3.05) is 13.2 Å². The van der Waals surface area contributed by atoms with E-state index in [1.54, 1.807) is 11.3 Å². The zero-order valence-corrected chi connectivity index (χ0v) is 17.9. The van der Waals surface area contributed by atoms with Crippen molar-refractivity contribution in [3.63, 3.8) is 0 Å². The lowest BCUT2D eigenvalue weighted by Crippen LogP contribution is -2.27. The Morgan fingerprint density at radius 2 is 2.10 bits per heavy atom. The smallest absolute Gasteiger partial charge is 0.240 e. The summed E-state index contributed by atoms with van der Waals surface area (Å²) >= 11 is 1.68. The third kappa shape index (κ3) is 4.31. The van der Waals surface area contributed by atoms with Crippen molar-refractivity contribution in [2.24, 2.45) is 0 Å². The summed E-state index contributed by atoms with van der Waals surface area (Å²) in [6.45, 7) is 2.09. The van der Waals surface area contributed by atoms with E-state index in [0.717, 1.165) is 45.8 Å². The SMILES string of the molecule is O=C(Cn1c(-c2cccs2)cc2ccccc21)NCc1ccc(C2=CCCOC2)cn1. The maximum Gasteiger partial charge on any atom is 0.240 e. The first-order valence-corrected chi connectivity index (χ1v) is 11.3. The standard InChI is InChI=1S/C25H23N3O2S/c29-25(27-15-21-10-9-19(14-26-21)20-6-3-11-30-17-20)16-28-22-7-2-1-5-18(22)13-23(28)24-8-4-12-31-24/h1-2,4-10,12-14H,3,11,15-17H2,(H,27,29). The van der Waals surface area contributed by atoms with Gasteiger partial charge in [0.05, 0.1) is 36.0 Å². The molecule has 4 heterocycles. The molecule has 1 amide bonds. The second-order valence-corrected chi connectivity index (χ2v) is 8.49. The molecule has 6 heteroatoms. The molecule has 0 saturated heterocycles. The summed E-state index contributed by atoms with van der Waals surface area (Å²) in [5.41, 5.74) is 5.22. The lowest BCUT2D eigenvalue weighted by molar-refractivity contribution is -0.121. The van der Waals surface area contributed by atoms with Crippen LogP contribution in [0, 0.1) is 0 Å². The highest BCUT2D eigenvalue weighted by Gasteiger charge is 2.14. The molecule has 31 heavy (non-hydrogen) atoms. The lowest BCUT2D eigenvalue weighted by atomic mass is 10.1. The van der Waals surface area contributed by atoms with E-state index in [2.05, 4.69) is 50.6 Å². The largest absolute Gasteiger partial charge is 0.376 e. The van der Waals surface area contributed by atoms with Gasteiger partial charge in [-0.3, -0.25) is 9.78 Å². The Morgan fingerprint density at radius 1 is 1.16 bits per heavy atom. The van der Waals surface area contributed by atoms with Gasteiger partial charge in [-0.1, -0.05) is 36.4 Å². The number of ether oxygens (including phenoxy) is 1. The van der Waals surface area contributed by atoms with Crippen LogP contribution in [0.15, 0.2) is 72.3 Å². The summed E-state index contributed by atoms with van der Waals surface area (Å²) in [5.74, 6) is -0.0339. The fourth-order valence-electron chi connectivity index (χ4n) is 3.88. The predicted octanol–water partition coefficient (Wildman–Crippen LogP) is 4.88. The van der Waals surface area contributed by atoms with Crippen molar-refractivity contribution in [3.05, 3.63) is 83.5 Å². The monoisotopic (exact) mass is 429 g/mol. The highest BCUT2D eigenvalue weighted by Crippen LogP contribution is 2.31. The fraction of sp³-hybridized carbons (Fsp3) is 0.200. The van der Waals surface area contributed by atoms with E-state index in [1.807, 2.05) is 36.5 Å². The number of para-hydroxylation sites is 1. The van der Waals surface area contributed by atoms with Crippen LogP contribution in [-0.2, 0) is 22.6 Å². The molecule has 1 N–H and O–H groups in total. The third-order valence-electron chi connectivity index (χ3n) is 5.46. The number of nitrogens with one attached hydrogen (secondary N) is 1. The van der Waals surface area contributed by atoms with Crippen molar-refractivity contribution in [2.45, 2.75) is 19.5 Å². The average Bonchev–Trinajstić information content (AvgIpc) is 3.47. The van der Waals surface area contributed by atoms with Gasteiger partial charge in [0.15, 0.2) is 0 Å². The van der Waals surface area contributed by atoms with Gasteiger partial charge >= 0.3 is 0 Å². The Kier molecular flexibility index (Phi) is 5.65. The summed E-state index contributed by atoms with van der Waals surface area (Å²) < 4.78 is 7.59. The maximum absolute atomic E-state index is 12.8. The second kappa shape index (κ2) is 8.88. The molecule has 0 unspecified atom stereocenters. The molecule has 0 radical (unpaired) electrons. The Bertz CT molecular complexity index is 1220. The Hall–Kier alpha value is -3.22. The molecule has 3 aromatic heterocycles. The van der Waals surface area contributed by atoms with Crippen molar-refractivity contribution < 1.29 is 9.53 Å². The number of thiophene rings is 1. The second-order valence-electron chi connectivity index (χ2n) is 7.54. The van der Waals surface area contributed by atoms with Crippen LogP contribution in [0.1, 0.15) is 17.7 Å². The number of aromatic nitrogens is 2. The number of carbonyl (C=O) groups is 1. The average molecular weight is 430 g/mol. The van der Waals surface area contributed by atoms with E-state index >= 15 is 0 Å². The Balaban J connectivity index is 1.28. The van der Waals surface area contributed by atoms with Crippen LogP contribution in [0.25, 0.3) is 27.0 Å². The fourth-order valence-corrected chi connectivity index (χ4v) is 4.63. The summed E-state index contributed by atoms with van der Waals surface area (Å²) in [6, 6.07) is 18.5. The molecule has 0 fully saturated rings. The molecule has 0 saturated carbocycles. The van der Waals surface area contributed by atoms with Gasteiger partial charge in [0.1, 0.15) is 6.54 Å². The van der Waals surface area contributed by atoms with Gasteiger partial charge in [-0.2, -0.15) is 0 Å². The first kappa shape index (κ1) is 19.7. The van der Waals surface area contributed by atoms with E-state index in [4.69, 9.17) is 4.74 Å². The molecular weight excluding hydrogens is 406 g/mol. The van der Waals surface area contributed by atoms with Crippen molar-refractivity contribution in [1.82, 2.24) is 14.9 Å². The molecule has 4 aromatic rings. The number of pyridine rings is 1. The molecule has 0 atom stereocenters. The van der Waals surface area contributed by atoms with E-state index in [0.29, 0.717) is 13.2 Å². The third-order valence-corrected chi connectivity index (χ3v) is 6.35. The van der Waals surface area contributed by atoms with Crippen molar-refractivity contribution in [1.29, 1.82) is 0 Å². The number of nitrogens with zero attached hydrogens (tertiary/aromatic N) is 2. The molecule has 1 aromatic carbocycles. The number of hydrogen-bond donors (Lipinski definition) is 1. The first-order chi connectivity index (χ1) is 15.3. The summed E-state index contributed by atoms with van der Waals surface area (Å²) in [6.07, 6.45) is 5.00. The van der Waals surface area contributed by atoms with Crippen LogP contribution < -0.4 is 5.32 Å². The van der Waals surface area contributed by atoms with E-state index in [-0.39, 0.29) is 12.5 Å². The van der Waals surface area contributed by atoms with Gasteiger partial charge in [-0.15, -0.1) is 11.3 Å². The molecule has 0 spiro atoms. The minimum absolute atomic E-state index is 0.0339.